The van der Waals surface area contributed by atoms with Gasteiger partial charge in [0.15, 0.2) is 0 Å². The maximum Gasteiger partial charge on any atom is 0.238 e. The molecule has 1 aromatic rings. The second kappa shape index (κ2) is 6.58. The third-order valence-electron chi connectivity index (χ3n) is 4.92. The van der Waals surface area contributed by atoms with E-state index in [1.54, 1.807) is 0 Å². The lowest BCUT2D eigenvalue weighted by Crippen LogP contribution is -2.39. The van der Waals surface area contributed by atoms with E-state index in [0.29, 0.717) is 19.1 Å². The molecule has 1 saturated heterocycles. The molecule has 0 aromatic heterocycles. The molecule has 21 heavy (non-hydrogen) atoms. The van der Waals surface area contributed by atoms with Gasteiger partial charge < -0.3 is 11.1 Å². The van der Waals surface area contributed by atoms with Gasteiger partial charge in [0.05, 0.1) is 6.54 Å². The summed E-state index contributed by atoms with van der Waals surface area (Å²) in [4.78, 5) is 14.6. The highest BCUT2D eigenvalue weighted by Crippen LogP contribution is 2.35. The van der Waals surface area contributed by atoms with Gasteiger partial charge in [0.25, 0.3) is 0 Å². The molecule has 4 nitrogen and oxygen atoms in total. The number of likely N-dealkylation sites (tertiary alicyclic amines) is 1. The van der Waals surface area contributed by atoms with Crippen LogP contribution < -0.4 is 11.1 Å². The Labute approximate surface area is 126 Å². The summed E-state index contributed by atoms with van der Waals surface area (Å²) in [5, 5.41) is 3.00. The Morgan fingerprint density at radius 1 is 1.29 bits per heavy atom. The van der Waals surface area contributed by atoms with E-state index in [0.717, 1.165) is 23.7 Å². The van der Waals surface area contributed by atoms with Crippen molar-refractivity contribution < 1.29 is 4.79 Å². The minimum Gasteiger partial charge on any atom is -0.326 e. The molecule has 1 saturated carbocycles. The standard InChI is InChI=1S/C17H25N3O/c18-11-13-4-3-6-15(10-13)19-17(21)12-20-9-8-14-5-1-2-7-16(14)20/h3-4,6,10,14,16H,1-2,5,7-9,11-12,18H2,(H,19,21). The number of nitrogens with zero attached hydrogens (tertiary/aromatic N) is 1. The van der Waals surface area contributed by atoms with Gasteiger partial charge in [-0.2, -0.15) is 0 Å². The molecule has 0 radical (unpaired) electrons. The van der Waals surface area contributed by atoms with Crippen molar-refractivity contribution in [3.63, 3.8) is 0 Å². The van der Waals surface area contributed by atoms with Crippen LogP contribution in [-0.2, 0) is 11.3 Å². The Morgan fingerprint density at radius 3 is 3.00 bits per heavy atom. The first-order valence-corrected chi connectivity index (χ1v) is 8.09. The van der Waals surface area contributed by atoms with Crippen LogP contribution >= 0.6 is 0 Å². The third-order valence-corrected chi connectivity index (χ3v) is 4.92. The summed E-state index contributed by atoms with van der Waals surface area (Å²) in [7, 11) is 0. The van der Waals surface area contributed by atoms with Crippen molar-refractivity contribution in [3.8, 4) is 0 Å². The molecule has 114 valence electrons. The lowest BCUT2D eigenvalue weighted by Gasteiger charge is -2.31. The van der Waals surface area contributed by atoms with E-state index in [1.165, 1.54) is 32.1 Å². The van der Waals surface area contributed by atoms with E-state index in [9.17, 15) is 4.79 Å². The van der Waals surface area contributed by atoms with Crippen molar-refractivity contribution >= 4 is 11.6 Å². The van der Waals surface area contributed by atoms with Gasteiger partial charge in [0.1, 0.15) is 0 Å². The average molecular weight is 287 g/mol. The molecule has 1 aromatic carbocycles. The van der Waals surface area contributed by atoms with E-state index < -0.39 is 0 Å². The molecule has 1 aliphatic heterocycles. The molecule has 1 aliphatic carbocycles. The van der Waals surface area contributed by atoms with Crippen molar-refractivity contribution in [1.29, 1.82) is 0 Å². The van der Waals surface area contributed by atoms with Gasteiger partial charge in [-0.05, 0) is 49.4 Å². The SMILES string of the molecule is NCc1cccc(NC(=O)CN2CCC3CCCCC32)c1. The monoisotopic (exact) mass is 287 g/mol. The molecule has 2 unspecified atom stereocenters. The smallest absolute Gasteiger partial charge is 0.238 e. The summed E-state index contributed by atoms with van der Waals surface area (Å²) in [6.07, 6.45) is 6.56. The zero-order valence-corrected chi connectivity index (χ0v) is 12.6. The number of amides is 1. The number of fused-ring (bicyclic) bond motifs is 1. The van der Waals surface area contributed by atoms with Crippen LogP contribution in [0.4, 0.5) is 5.69 Å². The number of nitrogens with two attached hydrogens (primary N) is 1. The predicted octanol–water partition coefficient (Wildman–Crippen LogP) is 2.35. The molecule has 4 heteroatoms. The summed E-state index contributed by atoms with van der Waals surface area (Å²) in [5.41, 5.74) is 7.53. The molecule has 2 fully saturated rings. The van der Waals surface area contributed by atoms with Gasteiger partial charge in [0, 0.05) is 18.3 Å². The van der Waals surface area contributed by atoms with Gasteiger partial charge >= 0.3 is 0 Å². The molecular weight excluding hydrogens is 262 g/mol. The first kappa shape index (κ1) is 14.5. The third kappa shape index (κ3) is 3.44. The van der Waals surface area contributed by atoms with Crippen LogP contribution in [0.2, 0.25) is 0 Å². The van der Waals surface area contributed by atoms with Gasteiger partial charge in [-0.15, -0.1) is 0 Å². The second-order valence-corrected chi connectivity index (χ2v) is 6.32. The number of carbonyl (C=O) groups is 1. The van der Waals surface area contributed by atoms with E-state index in [-0.39, 0.29) is 5.91 Å². The molecule has 2 atom stereocenters. The Bertz CT molecular complexity index is 503. The van der Waals surface area contributed by atoms with Crippen molar-refractivity contribution in [3.05, 3.63) is 29.8 Å². The first-order valence-electron chi connectivity index (χ1n) is 8.09. The van der Waals surface area contributed by atoms with Crippen molar-refractivity contribution in [2.24, 2.45) is 11.7 Å². The summed E-state index contributed by atoms with van der Waals surface area (Å²) in [6.45, 7) is 2.10. The number of nitrogens with one attached hydrogen (secondary N) is 1. The van der Waals surface area contributed by atoms with Gasteiger partial charge in [-0.1, -0.05) is 25.0 Å². The fourth-order valence-corrected chi connectivity index (χ4v) is 3.86. The van der Waals surface area contributed by atoms with Crippen LogP contribution in [0, 0.1) is 5.92 Å². The average Bonchev–Trinajstić information content (AvgIpc) is 2.91. The minimum atomic E-state index is 0.0930. The molecule has 2 aliphatic rings. The Kier molecular flexibility index (Phi) is 4.56. The van der Waals surface area contributed by atoms with Crippen LogP contribution in [-0.4, -0.2) is 29.9 Å². The highest BCUT2D eigenvalue weighted by Gasteiger charge is 2.36. The van der Waals surface area contributed by atoms with E-state index in [1.807, 2.05) is 24.3 Å². The van der Waals surface area contributed by atoms with Crippen molar-refractivity contribution in [1.82, 2.24) is 4.90 Å². The number of anilines is 1. The molecule has 1 heterocycles. The summed E-state index contributed by atoms with van der Waals surface area (Å²) < 4.78 is 0. The molecule has 1 amide bonds. The number of benzene rings is 1. The molecule has 3 N–H and O–H groups in total. The number of hydrogen-bond acceptors (Lipinski definition) is 3. The van der Waals surface area contributed by atoms with Crippen LogP contribution in [0.25, 0.3) is 0 Å². The van der Waals surface area contributed by atoms with Crippen LogP contribution in [0.5, 0.6) is 0 Å². The topological polar surface area (TPSA) is 58.4 Å². The number of rotatable bonds is 4. The molecule has 0 spiro atoms. The molecule has 3 rings (SSSR count). The maximum absolute atomic E-state index is 12.3. The fraction of sp³-hybridized carbons (Fsp3) is 0.588. The van der Waals surface area contributed by atoms with Crippen molar-refractivity contribution in [2.75, 3.05) is 18.4 Å². The minimum absolute atomic E-state index is 0.0930. The van der Waals surface area contributed by atoms with Crippen LogP contribution in [0.15, 0.2) is 24.3 Å². The Balaban J connectivity index is 1.56. The van der Waals surface area contributed by atoms with E-state index >= 15 is 0 Å². The van der Waals surface area contributed by atoms with Crippen molar-refractivity contribution in [2.45, 2.75) is 44.7 Å². The van der Waals surface area contributed by atoms with E-state index in [4.69, 9.17) is 5.73 Å². The highest BCUT2D eigenvalue weighted by molar-refractivity contribution is 5.92. The summed E-state index contributed by atoms with van der Waals surface area (Å²) in [5.74, 6) is 0.919. The number of hydrogen-bond donors (Lipinski definition) is 2. The quantitative estimate of drug-likeness (QED) is 0.893. The predicted molar refractivity (Wildman–Crippen MR) is 84.9 cm³/mol. The zero-order valence-electron chi connectivity index (χ0n) is 12.6. The normalized spacial score (nSPS) is 25.6. The van der Waals surface area contributed by atoms with Crippen LogP contribution in [0.1, 0.15) is 37.7 Å². The number of carbonyl (C=O) groups excluding carboxylic acids is 1. The molecule has 0 bridgehead atoms. The highest BCUT2D eigenvalue weighted by atomic mass is 16.2. The lowest BCUT2D eigenvalue weighted by atomic mass is 9.85. The zero-order chi connectivity index (χ0) is 14.7. The summed E-state index contributed by atoms with van der Waals surface area (Å²) in [6, 6.07) is 8.42. The van der Waals surface area contributed by atoms with Gasteiger partial charge in [0.2, 0.25) is 5.91 Å². The van der Waals surface area contributed by atoms with E-state index in [2.05, 4.69) is 10.2 Å². The Hall–Kier alpha value is -1.39. The summed E-state index contributed by atoms with van der Waals surface area (Å²) >= 11 is 0. The maximum atomic E-state index is 12.3. The van der Waals surface area contributed by atoms with Crippen LogP contribution in [0.3, 0.4) is 0 Å². The molecular formula is C17H25N3O. The van der Waals surface area contributed by atoms with Gasteiger partial charge in [-0.25, -0.2) is 0 Å². The lowest BCUT2D eigenvalue weighted by molar-refractivity contribution is -0.117. The fourth-order valence-electron chi connectivity index (χ4n) is 3.86. The second-order valence-electron chi connectivity index (χ2n) is 6.32. The Morgan fingerprint density at radius 2 is 2.14 bits per heavy atom. The largest absolute Gasteiger partial charge is 0.326 e. The first-order chi connectivity index (χ1) is 10.3. The van der Waals surface area contributed by atoms with Gasteiger partial charge in [-0.3, -0.25) is 9.69 Å².